The van der Waals surface area contributed by atoms with Crippen LogP contribution in [-0.4, -0.2) is 5.38 Å². The van der Waals surface area contributed by atoms with E-state index in [0.29, 0.717) is 11.3 Å². The lowest BCUT2D eigenvalue weighted by Gasteiger charge is -2.12. The smallest absolute Gasteiger partial charge is 0.0359 e. The fourth-order valence-electron chi connectivity index (χ4n) is 1.59. The molecule has 84 valence electrons. The Bertz CT molecular complexity index is 274. The SMILES string of the molecule is Cc1ccc(CCCC(Cl)C(C)C)cc1. The van der Waals surface area contributed by atoms with E-state index in [4.69, 9.17) is 11.6 Å². The van der Waals surface area contributed by atoms with Crippen molar-refractivity contribution in [3.05, 3.63) is 35.4 Å². The van der Waals surface area contributed by atoms with Crippen LogP contribution in [0.1, 0.15) is 37.8 Å². The van der Waals surface area contributed by atoms with Crippen molar-refractivity contribution in [2.75, 3.05) is 0 Å². The van der Waals surface area contributed by atoms with Crippen molar-refractivity contribution >= 4 is 11.6 Å². The van der Waals surface area contributed by atoms with Gasteiger partial charge in [-0.2, -0.15) is 0 Å². The Morgan fingerprint density at radius 2 is 1.73 bits per heavy atom. The number of aryl methyl sites for hydroxylation is 2. The molecular weight excluding hydrogens is 204 g/mol. The predicted molar refractivity (Wildman–Crippen MR) is 68.6 cm³/mol. The molecule has 1 aromatic carbocycles. The van der Waals surface area contributed by atoms with Gasteiger partial charge in [0.05, 0.1) is 0 Å². The zero-order chi connectivity index (χ0) is 11.3. The molecule has 0 amide bonds. The van der Waals surface area contributed by atoms with E-state index in [1.165, 1.54) is 17.5 Å². The van der Waals surface area contributed by atoms with E-state index in [2.05, 4.69) is 45.0 Å². The lowest BCUT2D eigenvalue weighted by atomic mass is 10.0. The van der Waals surface area contributed by atoms with Gasteiger partial charge in [-0.25, -0.2) is 0 Å². The van der Waals surface area contributed by atoms with Crippen LogP contribution in [0, 0.1) is 12.8 Å². The van der Waals surface area contributed by atoms with Gasteiger partial charge in [-0.1, -0.05) is 43.7 Å². The van der Waals surface area contributed by atoms with Crippen molar-refractivity contribution in [3.8, 4) is 0 Å². The molecule has 0 aromatic heterocycles. The second kappa shape index (κ2) is 6.17. The Balaban J connectivity index is 2.29. The quantitative estimate of drug-likeness (QED) is 0.643. The summed E-state index contributed by atoms with van der Waals surface area (Å²) < 4.78 is 0. The number of halogens is 1. The van der Waals surface area contributed by atoms with Crippen LogP contribution in [0.25, 0.3) is 0 Å². The Kier molecular flexibility index (Phi) is 5.17. The highest BCUT2D eigenvalue weighted by Gasteiger charge is 2.08. The van der Waals surface area contributed by atoms with Crippen LogP contribution < -0.4 is 0 Å². The highest BCUT2D eigenvalue weighted by molar-refractivity contribution is 6.20. The third-order valence-corrected chi connectivity index (χ3v) is 3.51. The van der Waals surface area contributed by atoms with Gasteiger partial charge in [0.2, 0.25) is 0 Å². The molecule has 0 aliphatic rings. The van der Waals surface area contributed by atoms with E-state index in [0.717, 1.165) is 12.8 Å². The third kappa shape index (κ3) is 4.70. The van der Waals surface area contributed by atoms with E-state index in [1.807, 2.05) is 0 Å². The van der Waals surface area contributed by atoms with Gasteiger partial charge >= 0.3 is 0 Å². The summed E-state index contributed by atoms with van der Waals surface area (Å²) in [5, 5.41) is 0.329. The van der Waals surface area contributed by atoms with E-state index in [9.17, 15) is 0 Å². The first-order valence-corrected chi connectivity index (χ1v) is 6.23. The highest BCUT2D eigenvalue weighted by atomic mass is 35.5. The normalized spacial score (nSPS) is 13.1. The third-order valence-electron chi connectivity index (χ3n) is 2.79. The molecule has 1 atom stereocenters. The van der Waals surface area contributed by atoms with Crippen molar-refractivity contribution in [2.45, 2.75) is 45.4 Å². The molecule has 0 bridgehead atoms. The first-order valence-electron chi connectivity index (χ1n) is 5.79. The summed E-state index contributed by atoms with van der Waals surface area (Å²) in [7, 11) is 0. The monoisotopic (exact) mass is 224 g/mol. The van der Waals surface area contributed by atoms with Gasteiger partial charge in [0.1, 0.15) is 0 Å². The van der Waals surface area contributed by atoms with Gasteiger partial charge in [0.15, 0.2) is 0 Å². The molecule has 0 radical (unpaired) electrons. The first kappa shape index (κ1) is 12.6. The second-order valence-electron chi connectivity index (χ2n) is 4.64. The van der Waals surface area contributed by atoms with Gasteiger partial charge in [-0.05, 0) is 37.7 Å². The Hall–Kier alpha value is -0.490. The molecule has 0 fully saturated rings. The molecule has 1 aromatic rings. The number of alkyl halides is 1. The molecule has 0 nitrogen and oxygen atoms in total. The van der Waals surface area contributed by atoms with Gasteiger partial charge in [-0.15, -0.1) is 11.6 Å². The molecule has 0 spiro atoms. The molecule has 1 unspecified atom stereocenters. The molecule has 0 heterocycles. The minimum Gasteiger partial charge on any atom is -0.123 e. The number of benzene rings is 1. The van der Waals surface area contributed by atoms with Crippen molar-refractivity contribution in [2.24, 2.45) is 5.92 Å². The van der Waals surface area contributed by atoms with Gasteiger partial charge < -0.3 is 0 Å². The van der Waals surface area contributed by atoms with Crippen LogP contribution in [0.15, 0.2) is 24.3 Å². The summed E-state index contributed by atoms with van der Waals surface area (Å²) in [4.78, 5) is 0. The average Bonchev–Trinajstić information content (AvgIpc) is 2.20. The van der Waals surface area contributed by atoms with Crippen LogP contribution in [0.5, 0.6) is 0 Å². The molecule has 1 heteroatoms. The van der Waals surface area contributed by atoms with Crippen LogP contribution in [0.4, 0.5) is 0 Å². The summed E-state index contributed by atoms with van der Waals surface area (Å²) >= 11 is 6.21. The lowest BCUT2D eigenvalue weighted by Crippen LogP contribution is -2.07. The molecule has 0 saturated carbocycles. The Labute approximate surface area is 98.7 Å². The topological polar surface area (TPSA) is 0 Å². The van der Waals surface area contributed by atoms with Crippen LogP contribution in [-0.2, 0) is 6.42 Å². The van der Waals surface area contributed by atoms with Crippen LogP contribution in [0.3, 0.4) is 0 Å². The van der Waals surface area contributed by atoms with Gasteiger partial charge in [0.25, 0.3) is 0 Å². The van der Waals surface area contributed by atoms with Crippen molar-refractivity contribution in [1.82, 2.24) is 0 Å². The highest BCUT2D eigenvalue weighted by Crippen LogP contribution is 2.17. The molecule has 0 saturated heterocycles. The maximum Gasteiger partial charge on any atom is 0.0359 e. The minimum atomic E-state index is 0.329. The number of hydrogen-bond acceptors (Lipinski definition) is 0. The Morgan fingerprint density at radius 3 is 2.27 bits per heavy atom. The zero-order valence-electron chi connectivity index (χ0n) is 9.96. The number of hydrogen-bond donors (Lipinski definition) is 0. The maximum absolute atomic E-state index is 6.21. The van der Waals surface area contributed by atoms with E-state index < -0.39 is 0 Å². The van der Waals surface area contributed by atoms with Crippen molar-refractivity contribution in [1.29, 1.82) is 0 Å². The lowest BCUT2D eigenvalue weighted by molar-refractivity contribution is 0.547. The van der Waals surface area contributed by atoms with Crippen LogP contribution in [0.2, 0.25) is 0 Å². The average molecular weight is 225 g/mol. The number of rotatable bonds is 5. The minimum absolute atomic E-state index is 0.329. The summed E-state index contributed by atoms with van der Waals surface area (Å²) in [5.41, 5.74) is 2.75. The Morgan fingerprint density at radius 1 is 1.13 bits per heavy atom. The fourth-order valence-corrected chi connectivity index (χ4v) is 1.74. The first-order chi connectivity index (χ1) is 7.09. The standard InChI is InChI=1S/C14H21Cl/c1-11(2)14(15)6-4-5-13-9-7-12(3)8-10-13/h7-11,14H,4-6H2,1-3H3. The van der Waals surface area contributed by atoms with Crippen molar-refractivity contribution < 1.29 is 0 Å². The summed E-state index contributed by atoms with van der Waals surface area (Å²) in [5.74, 6) is 0.588. The van der Waals surface area contributed by atoms with Crippen LogP contribution >= 0.6 is 11.6 Å². The molecule has 0 aliphatic carbocycles. The van der Waals surface area contributed by atoms with Crippen molar-refractivity contribution in [3.63, 3.8) is 0 Å². The largest absolute Gasteiger partial charge is 0.123 e. The summed E-state index contributed by atoms with van der Waals surface area (Å²) in [6, 6.07) is 8.79. The predicted octanol–water partition coefficient (Wildman–Crippen LogP) is 4.58. The molecule has 15 heavy (non-hydrogen) atoms. The molecule has 0 N–H and O–H groups in total. The second-order valence-corrected chi connectivity index (χ2v) is 5.20. The van der Waals surface area contributed by atoms with E-state index >= 15 is 0 Å². The molecule has 1 rings (SSSR count). The van der Waals surface area contributed by atoms with Gasteiger partial charge in [-0.3, -0.25) is 0 Å². The summed E-state index contributed by atoms with van der Waals surface area (Å²) in [6.45, 7) is 6.49. The molecule has 0 aliphatic heterocycles. The van der Waals surface area contributed by atoms with E-state index in [-0.39, 0.29) is 0 Å². The van der Waals surface area contributed by atoms with E-state index in [1.54, 1.807) is 0 Å². The molecular formula is C14H21Cl. The fraction of sp³-hybridized carbons (Fsp3) is 0.571. The zero-order valence-corrected chi connectivity index (χ0v) is 10.7. The van der Waals surface area contributed by atoms with Gasteiger partial charge in [0, 0.05) is 5.38 Å². The maximum atomic E-state index is 6.21. The summed E-state index contributed by atoms with van der Waals surface area (Å²) in [6.07, 6.45) is 3.46.